The zero-order valence-electron chi connectivity index (χ0n) is 21.9. The minimum atomic E-state index is -0.495. The monoisotopic (exact) mass is 438 g/mol. The number of hydrogen-bond donors (Lipinski definition) is 1. The van der Waals surface area contributed by atoms with E-state index in [1.165, 1.54) is 37.7 Å². The van der Waals surface area contributed by atoms with Crippen molar-refractivity contribution < 1.29 is 9.90 Å². The molecule has 0 aliphatic heterocycles. The fourth-order valence-corrected chi connectivity index (χ4v) is 8.99. The molecule has 32 heavy (non-hydrogen) atoms. The molecule has 0 saturated heterocycles. The van der Waals surface area contributed by atoms with Gasteiger partial charge in [-0.15, -0.1) is 0 Å². The van der Waals surface area contributed by atoms with E-state index in [2.05, 4.69) is 61.5 Å². The van der Waals surface area contributed by atoms with Crippen molar-refractivity contribution in [2.24, 2.45) is 39.4 Å². The number of aliphatic hydroxyl groups is 1. The zero-order chi connectivity index (χ0) is 23.7. The van der Waals surface area contributed by atoms with Gasteiger partial charge in [0.1, 0.15) is 0 Å². The van der Waals surface area contributed by atoms with Crippen LogP contribution >= 0.6 is 0 Å². The van der Waals surface area contributed by atoms with Crippen LogP contribution in [0.25, 0.3) is 0 Å². The molecule has 1 fully saturated rings. The van der Waals surface area contributed by atoms with Gasteiger partial charge in [-0.05, 0) is 99.9 Å². The molecule has 0 spiro atoms. The maximum atomic E-state index is 12.8. The summed E-state index contributed by atoms with van der Waals surface area (Å²) in [4.78, 5) is 12.8. The predicted molar refractivity (Wildman–Crippen MR) is 133 cm³/mol. The van der Waals surface area contributed by atoms with Crippen LogP contribution in [0, 0.1) is 39.4 Å². The number of carbonyl (C=O) groups excluding carboxylic acids is 1. The largest absolute Gasteiger partial charge is 0.505 e. The summed E-state index contributed by atoms with van der Waals surface area (Å²) in [5.74, 6) is 1.75. The highest BCUT2D eigenvalue weighted by molar-refractivity contribution is 5.99. The van der Waals surface area contributed by atoms with Crippen LogP contribution in [-0.2, 0) is 4.79 Å². The molecule has 0 radical (unpaired) electrons. The van der Waals surface area contributed by atoms with Crippen LogP contribution in [0.15, 0.2) is 34.6 Å². The Morgan fingerprint density at radius 3 is 2.44 bits per heavy atom. The van der Waals surface area contributed by atoms with Crippen molar-refractivity contribution in [1.82, 2.24) is 0 Å². The number of allylic oxidation sites excluding steroid dienone is 6. The molecular formula is C30H46O2. The SMILES string of the molecule is CC(C)=CCC[C@H](C)[C@@H]1CC[C@]2(C)C3=C(CC[C@]12C)[C@]1(C)C=C(O)C(=O)C(C)(C)[C@@H]1CC3. The van der Waals surface area contributed by atoms with E-state index in [0.717, 1.165) is 31.1 Å². The van der Waals surface area contributed by atoms with Crippen molar-refractivity contribution in [3.63, 3.8) is 0 Å². The second kappa shape index (κ2) is 7.60. The van der Waals surface area contributed by atoms with Gasteiger partial charge in [-0.25, -0.2) is 0 Å². The van der Waals surface area contributed by atoms with Crippen molar-refractivity contribution in [1.29, 1.82) is 0 Å². The van der Waals surface area contributed by atoms with Crippen LogP contribution in [0.2, 0.25) is 0 Å². The first-order valence-electron chi connectivity index (χ1n) is 13.1. The highest BCUT2D eigenvalue weighted by atomic mass is 16.3. The summed E-state index contributed by atoms with van der Waals surface area (Å²) < 4.78 is 0. The average molecular weight is 439 g/mol. The third kappa shape index (κ3) is 3.14. The first kappa shape index (κ1) is 23.8. The molecule has 2 heteroatoms. The number of Topliss-reactive ketones (excluding diaryl/α,β-unsaturated/α-hetero) is 1. The molecule has 178 valence electrons. The van der Waals surface area contributed by atoms with E-state index in [9.17, 15) is 9.90 Å². The molecule has 0 amide bonds. The average Bonchev–Trinajstić information content (AvgIpc) is 2.97. The lowest BCUT2D eigenvalue weighted by Gasteiger charge is -2.59. The summed E-state index contributed by atoms with van der Waals surface area (Å²) in [5, 5.41) is 10.6. The van der Waals surface area contributed by atoms with Crippen LogP contribution in [0.1, 0.15) is 107 Å². The molecule has 6 atom stereocenters. The van der Waals surface area contributed by atoms with Crippen LogP contribution in [0.5, 0.6) is 0 Å². The van der Waals surface area contributed by atoms with Gasteiger partial charge in [0.2, 0.25) is 5.78 Å². The summed E-state index contributed by atoms with van der Waals surface area (Å²) in [6, 6.07) is 0. The molecule has 4 rings (SSSR count). The van der Waals surface area contributed by atoms with E-state index < -0.39 is 5.41 Å². The molecule has 0 bridgehead atoms. The van der Waals surface area contributed by atoms with E-state index in [4.69, 9.17) is 0 Å². The Balaban J connectivity index is 1.71. The smallest absolute Gasteiger partial charge is 0.202 e. The van der Waals surface area contributed by atoms with E-state index in [-0.39, 0.29) is 28.3 Å². The Kier molecular flexibility index (Phi) is 5.66. The van der Waals surface area contributed by atoms with E-state index in [1.54, 1.807) is 11.1 Å². The van der Waals surface area contributed by atoms with Gasteiger partial charge in [-0.3, -0.25) is 4.79 Å². The molecule has 0 aromatic rings. The third-order valence-corrected chi connectivity index (χ3v) is 11.0. The number of fused-ring (bicyclic) bond motifs is 4. The summed E-state index contributed by atoms with van der Waals surface area (Å²) in [5.41, 5.74) is 4.61. The van der Waals surface area contributed by atoms with Gasteiger partial charge in [0.15, 0.2) is 5.76 Å². The standard InChI is InChI=1S/C30H46O2/c1-19(2)10-9-11-20(3)21-14-16-30(8)23-12-13-25-27(4,5)26(32)24(31)18-28(25,6)22(23)15-17-29(21,30)7/h10,18,20-21,25,31H,9,11-17H2,1-8H3/t20-,21-,25-,28-,29+,30+/m0/s1. The van der Waals surface area contributed by atoms with Crippen LogP contribution in [0.4, 0.5) is 0 Å². The lowest BCUT2D eigenvalue weighted by molar-refractivity contribution is -0.133. The second-order valence-corrected chi connectivity index (χ2v) is 13.1. The molecule has 0 heterocycles. The summed E-state index contributed by atoms with van der Waals surface area (Å²) >= 11 is 0. The van der Waals surface area contributed by atoms with Crippen LogP contribution in [0.3, 0.4) is 0 Å². The lowest BCUT2D eigenvalue weighted by atomic mass is 9.44. The maximum Gasteiger partial charge on any atom is 0.202 e. The number of aliphatic hydroxyl groups excluding tert-OH is 1. The van der Waals surface area contributed by atoms with E-state index in [0.29, 0.717) is 5.41 Å². The number of rotatable bonds is 4. The summed E-state index contributed by atoms with van der Waals surface area (Å²) in [7, 11) is 0. The number of hydrogen-bond acceptors (Lipinski definition) is 2. The van der Waals surface area contributed by atoms with Gasteiger partial charge in [0, 0.05) is 10.8 Å². The van der Waals surface area contributed by atoms with Crippen LogP contribution < -0.4 is 0 Å². The van der Waals surface area contributed by atoms with Crippen LogP contribution in [-0.4, -0.2) is 10.9 Å². The zero-order valence-corrected chi connectivity index (χ0v) is 21.9. The Hall–Kier alpha value is -1.31. The molecule has 0 aromatic heterocycles. The predicted octanol–water partition coefficient (Wildman–Crippen LogP) is 8.35. The van der Waals surface area contributed by atoms with Gasteiger partial charge in [-0.2, -0.15) is 0 Å². The van der Waals surface area contributed by atoms with Gasteiger partial charge in [0.25, 0.3) is 0 Å². The van der Waals surface area contributed by atoms with Crippen molar-refractivity contribution in [2.75, 3.05) is 0 Å². The van der Waals surface area contributed by atoms with Gasteiger partial charge >= 0.3 is 0 Å². The Morgan fingerprint density at radius 2 is 1.78 bits per heavy atom. The minimum absolute atomic E-state index is 0.00168. The van der Waals surface area contributed by atoms with Crippen molar-refractivity contribution in [3.05, 3.63) is 34.6 Å². The maximum absolute atomic E-state index is 12.8. The Labute approximate surface area is 196 Å². The topological polar surface area (TPSA) is 37.3 Å². The molecule has 4 aliphatic carbocycles. The third-order valence-electron chi connectivity index (χ3n) is 11.0. The minimum Gasteiger partial charge on any atom is -0.505 e. The summed E-state index contributed by atoms with van der Waals surface area (Å²) in [6.07, 6.45) is 14.0. The molecule has 0 unspecified atom stereocenters. The van der Waals surface area contributed by atoms with Crippen molar-refractivity contribution in [2.45, 2.75) is 107 Å². The number of ketones is 1. The van der Waals surface area contributed by atoms with Gasteiger partial charge in [-0.1, -0.05) is 64.3 Å². The Bertz CT molecular complexity index is 898. The first-order valence-corrected chi connectivity index (χ1v) is 13.1. The lowest BCUT2D eigenvalue weighted by Crippen LogP contribution is -2.53. The molecule has 1 saturated carbocycles. The first-order chi connectivity index (χ1) is 14.8. The van der Waals surface area contributed by atoms with Crippen molar-refractivity contribution >= 4 is 5.78 Å². The molecular weight excluding hydrogens is 392 g/mol. The summed E-state index contributed by atoms with van der Waals surface area (Å²) in [6.45, 7) is 18.5. The quantitative estimate of drug-likeness (QED) is 0.448. The normalized spacial score (nSPS) is 41.4. The second-order valence-electron chi connectivity index (χ2n) is 13.1. The van der Waals surface area contributed by atoms with E-state index >= 15 is 0 Å². The highest BCUT2D eigenvalue weighted by Gasteiger charge is 2.63. The Morgan fingerprint density at radius 1 is 1.09 bits per heavy atom. The molecule has 2 nitrogen and oxygen atoms in total. The molecule has 1 N–H and O–H groups in total. The number of carbonyl (C=O) groups is 1. The molecule has 0 aromatic carbocycles. The van der Waals surface area contributed by atoms with Gasteiger partial charge in [0.05, 0.1) is 0 Å². The van der Waals surface area contributed by atoms with E-state index in [1.807, 2.05) is 6.08 Å². The fourth-order valence-electron chi connectivity index (χ4n) is 8.99. The highest BCUT2D eigenvalue weighted by Crippen LogP contribution is 2.71. The fraction of sp³-hybridized carbons (Fsp3) is 0.767. The van der Waals surface area contributed by atoms with Crippen molar-refractivity contribution in [3.8, 4) is 0 Å². The van der Waals surface area contributed by atoms with Gasteiger partial charge < -0.3 is 5.11 Å². The molecule has 4 aliphatic rings.